The molecule has 4 nitrogen and oxygen atoms in total. The molecule has 48 heavy (non-hydrogen) atoms. The van der Waals surface area contributed by atoms with E-state index < -0.39 is 0 Å². The molecule has 258 valence electrons. The van der Waals surface area contributed by atoms with E-state index in [1.165, 1.54) is 22.3 Å². The van der Waals surface area contributed by atoms with E-state index in [9.17, 15) is 9.59 Å². The van der Waals surface area contributed by atoms with Crippen LogP contribution in [0.3, 0.4) is 0 Å². The molecule has 0 aliphatic carbocycles. The largest absolute Gasteiger partial charge is 0.312 e. The van der Waals surface area contributed by atoms with E-state index >= 15 is 0 Å². The van der Waals surface area contributed by atoms with Crippen LogP contribution in [0.15, 0.2) is 48.5 Å². The number of benzene rings is 3. The fourth-order valence-corrected chi connectivity index (χ4v) is 6.91. The summed E-state index contributed by atoms with van der Waals surface area (Å²) in [5.74, 6) is 0.356. The molecule has 0 atom stereocenters. The molecule has 0 saturated carbocycles. The summed E-state index contributed by atoms with van der Waals surface area (Å²) in [5.41, 5.74) is 11.0. The number of amides is 2. The molecule has 4 heteroatoms. The van der Waals surface area contributed by atoms with Gasteiger partial charge < -0.3 is 9.80 Å². The normalized spacial score (nSPS) is 16.9. The molecule has 2 aliphatic rings. The summed E-state index contributed by atoms with van der Waals surface area (Å²) in [7, 11) is 0. The SMILES string of the molecule is CC(C)(C)c1cc(-c2cc(N3CCCCC3=O)c(-c3cc(C(C)(C)C)cc(C(C)(C)C)c3)cc2N2CCCCC2=O)cc(C(C)(C)C)c1. The van der Waals surface area contributed by atoms with Crippen molar-refractivity contribution >= 4 is 23.2 Å². The highest BCUT2D eigenvalue weighted by atomic mass is 16.2. The van der Waals surface area contributed by atoms with Crippen LogP contribution in [-0.4, -0.2) is 24.9 Å². The van der Waals surface area contributed by atoms with Gasteiger partial charge in [0.2, 0.25) is 11.8 Å². The second kappa shape index (κ2) is 12.8. The number of nitrogens with zero attached hydrogens (tertiary/aromatic N) is 2. The highest BCUT2D eigenvalue weighted by Gasteiger charge is 2.31. The van der Waals surface area contributed by atoms with Gasteiger partial charge in [0.05, 0.1) is 11.4 Å². The van der Waals surface area contributed by atoms with Gasteiger partial charge in [0.25, 0.3) is 0 Å². The summed E-state index contributed by atoms with van der Waals surface area (Å²) in [6.45, 7) is 28.6. The molecule has 3 aromatic rings. The quantitative estimate of drug-likeness (QED) is 0.282. The Bertz CT molecular complexity index is 1510. The second-order valence-corrected chi connectivity index (χ2v) is 18.5. The third-order valence-corrected chi connectivity index (χ3v) is 10.3. The second-order valence-electron chi connectivity index (χ2n) is 18.5. The van der Waals surface area contributed by atoms with Crippen LogP contribution >= 0.6 is 0 Å². The molecule has 2 aliphatic heterocycles. The first-order valence-electron chi connectivity index (χ1n) is 18.3. The molecule has 2 heterocycles. The van der Waals surface area contributed by atoms with Gasteiger partial charge >= 0.3 is 0 Å². The van der Waals surface area contributed by atoms with Crippen molar-refractivity contribution in [2.24, 2.45) is 0 Å². The molecular formula is C44H60N2O2. The van der Waals surface area contributed by atoms with E-state index in [1.54, 1.807) is 0 Å². The van der Waals surface area contributed by atoms with Crippen LogP contribution in [0.2, 0.25) is 0 Å². The first-order valence-corrected chi connectivity index (χ1v) is 18.3. The zero-order chi connectivity index (χ0) is 35.4. The van der Waals surface area contributed by atoms with Crippen LogP contribution in [-0.2, 0) is 31.2 Å². The van der Waals surface area contributed by atoms with Crippen molar-refractivity contribution in [2.45, 2.75) is 143 Å². The molecular weight excluding hydrogens is 588 g/mol. The number of rotatable bonds is 4. The van der Waals surface area contributed by atoms with Crippen LogP contribution in [0.4, 0.5) is 11.4 Å². The predicted molar refractivity (Wildman–Crippen MR) is 205 cm³/mol. The Hall–Kier alpha value is -3.40. The van der Waals surface area contributed by atoms with Crippen LogP contribution in [0.25, 0.3) is 22.3 Å². The molecule has 0 spiro atoms. The van der Waals surface area contributed by atoms with Crippen molar-refractivity contribution in [2.75, 3.05) is 22.9 Å². The third-order valence-electron chi connectivity index (χ3n) is 10.3. The number of piperidine rings is 2. The average Bonchev–Trinajstić information content (AvgIpc) is 2.99. The lowest BCUT2D eigenvalue weighted by Gasteiger charge is -2.34. The number of hydrogen-bond acceptors (Lipinski definition) is 2. The minimum absolute atomic E-state index is 0.0561. The number of anilines is 2. The molecule has 5 rings (SSSR count). The molecule has 0 radical (unpaired) electrons. The van der Waals surface area contributed by atoms with E-state index in [4.69, 9.17) is 0 Å². The fourth-order valence-electron chi connectivity index (χ4n) is 6.91. The van der Waals surface area contributed by atoms with Gasteiger partial charge in [-0.1, -0.05) is 119 Å². The van der Waals surface area contributed by atoms with Crippen LogP contribution in [0.5, 0.6) is 0 Å². The Labute approximate surface area is 291 Å². The van der Waals surface area contributed by atoms with Crippen molar-refractivity contribution in [3.63, 3.8) is 0 Å². The van der Waals surface area contributed by atoms with E-state index in [0.29, 0.717) is 25.9 Å². The van der Waals surface area contributed by atoms with Crippen molar-refractivity contribution in [1.82, 2.24) is 0 Å². The molecule has 2 saturated heterocycles. The molecule has 2 amide bonds. The maximum atomic E-state index is 13.7. The summed E-state index contributed by atoms with van der Waals surface area (Å²) in [6.07, 6.45) is 4.93. The van der Waals surface area contributed by atoms with E-state index in [1.807, 2.05) is 9.80 Å². The van der Waals surface area contributed by atoms with Gasteiger partial charge in [-0.05, 0) is 92.9 Å². The topological polar surface area (TPSA) is 40.6 Å². The lowest BCUT2D eigenvalue weighted by molar-refractivity contribution is -0.120. The predicted octanol–water partition coefficient (Wildman–Crippen LogP) is 11.2. The maximum Gasteiger partial charge on any atom is 0.226 e. The van der Waals surface area contributed by atoms with Gasteiger partial charge in [-0.15, -0.1) is 0 Å². The highest BCUT2D eigenvalue weighted by Crippen LogP contribution is 2.46. The Morgan fingerprint density at radius 2 is 0.708 bits per heavy atom. The smallest absolute Gasteiger partial charge is 0.226 e. The van der Waals surface area contributed by atoms with Gasteiger partial charge in [-0.25, -0.2) is 0 Å². The molecule has 2 fully saturated rings. The number of hydrogen-bond donors (Lipinski definition) is 0. The Kier molecular flexibility index (Phi) is 9.58. The van der Waals surface area contributed by atoms with Gasteiger partial charge in [0, 0.05) is 37.1 Å². The van der Waals surface area contributed by atoms with Crippen molar-refractivity contribution < 1.29 is 9.59 Å². The van der Waals surface area contributed by atoms with E-state index in [2.05, 4.69) is 132 Å². The molecule has 0 unspecified atom stereocenters. The third kappa shape index (κ3) is 7.58. The Balaban J connectivity index is 1.91. The van der Waals surface area contributed by atoms with Gasteiger partial charge in [-0.3, -0.25) is 9.59 Å². The van der Waals surface area contributed by atoms with E-state index in [-0.39, 0.29) is 33.5 Å². The zero-order valence-electron chi connectivity index (χ0n) is 32.0. The average molecular weight is 649 g/mol. The summed E-state index contributed by atoms with van der Waals surface area (Å²) in [4.78, 5) is 31.6. The minimum Gasteiger partial charge on any atom is -0.312 e. The van der Waals surface area contributed by atoms with Crippen LogP contribution in [0.1, 0.15) is 144 Å². The van der Waals surface area contributed by atoms with Crippen LogP contribution < -0.4 is 9.80 Å². The van der Waals surface area contributed by atoms with Crippen molar-refractivity contribution in [3.8, 4) is 22.3 Å². The van der Waals surface area contributed by atoms with E-state index in [0.717, 1.165) is 59.3 Å². The molecule has 3 aromatic carbocycles. The van der Waals surface area contributed by atoms with Gasteiger partial charge in [0.15, 0.2) is 0 Å². The van der Waals surface area contributed by atoms with Crippen LogP contribution in [0, 0.1) is 0 Å². The lowest BCUT2D eigenvalue weighted by atomic mass is 9.77. The lowest BCUT2D eigenvalue weighted by Crippen LogP contribution is -2.37. The maximum absolute atomic E-state index is 13.7. The Morgan fingerprint density at radius 3 is 0.958 bits per heavy atom. The first kappa shape index (κ1) is 35.9. The zero-order valence-corrected chi connectivity index (χ0v) is 32.0. The molecule has 0 bridgehead atoms. The van der Waals surface area contributed by atoms with Crippen molar-refractivity contribution in [3.05, 3.63) is 70.8 Å². The van der Waals surface area contributed by atoms with Gasteiger partial charge in [0.1, 0.15) is 0 Å². The summed E-state index contributed by atoms with van der Waals surface area (Å²) >= 11 is 0. The first-order chi connectivity index (χ1) is 22.1. The summed E-state index contributed by atoms with van der Waals surface area (Å²) in [5, 5.41) is 0. The standard InChI is InChI=1S/C44H60N2O2/c1-41(2,3)31-21-29(22-32(25-31)42(4,5)6)35-27-38(46-20-16-14-18-40(46)48)36(28-37(35)45-19-15-13-17-39(45)47)30-23-33(43(7,8)9)26-34(24-30)44(10,11)12/h21-28H,13-20H2,1-12H3. The summed E-state index contributed by atoms with van der Waals surface area (Å²) < 4.78 is 0. The number of carbonyl (C=O) groups is 2. The Morgan fingerprint density at radius 1 is 0.417 bits per heavy atom. The molecule has 0 aromatic heterocycles. The highest BCUT2D eigenvalue weighted by molar-refractivity contribution is 6.05. The van der Waals surface area contributed by atoms with Crippen molar-refractivity contribution in [1.29, 1.82) is 0 Å². The monoisotopic (exact) mass is 648 g/mol. The molecule has 0 N–H and O–H groups in total. The van der Waals surface area contributed by atoms with Gasteiger partial charge in [-0.2, -0.15) is 0 Å². The number of carbonyl (C=O) groups excluding carboxylic acids is 2. The fraction of sp³-hybridized carbons (Fsp3) is 0.545. The minimum atomic E-state index is -0.0561. The summed E-state index contributed by atoms with van der Waals surface area (Å²) in [6, 6.07) is 18.5.